The lowest BCUT2D eigenvalue weighted by Gasteiger charge is -2.19. The molecule has 1 atom stereocenters. The van der Waals surface area contributed by atoms with Gasteiger partial charge >= 0.3 is 0 Å². The van der Waals surface area contributed by atoms with Crippen LogP contribution in [0.4, 0.5) is 5.69 Å². The number of hydrogen-bond acceptors (Lipinski definition) is 5. The second-order valence-electron chi connectivity index (χ2n) is 6.94. The molecule has 160 valence electrons. The molecule has 0 aromatic heterocycles. The van der Waals surface area contributed by atoms with Gasteiger partial charge in [0.15, 0.2) is 11.5 Å². The molecule has 0 saturated heterocycles. The van der Waals surface area contributed by atoms with Crippen molar-refractivity contribution in [3.63, 3.8) is 0 Å². The van der Waals surface area contributed by atoms with Gasteiger partial charge in [0.25, 0.3) is 0 Å². The molecule has 0 fully saturated rings. The van der Waals surface area contributed by atoms with E-state index in [2.05, 4.69) is 22.0 Å². The molecule has 4 nitrogen and oxygen atoms in total. The molecule has 1 unspecified atom stereocenters. The van der Waals surface area contributed by atoms with Crippen LogP contribution in [0.15, 0.2) is 69.0 Å². The molecular formula is C24H21BrClNO3S. The van der Waals surface area contributed by atoms with E-state index in [1.807, 2.05) is 48.5 Å². The van der Waals surface area contributed by atoms with Crippen molar-refractivity contribution in [3.8, 4) is 17.2 Å². The van der Waals surface area contributed by atoms with E-state index in [-0.39, 0.29) is 5.25 Å². The predicted molar refractivity (Wildman–Crippen MR) is 131 cm³/mol. The first-order valence-corrected chi connectivity index (χ1v) is 11.7. The molecule has 1 aliphatic heterocycles. The van der Waals surface area contributed by atoms with Gasteiger partial charge in [-0.1, -0.05) is 27.5 Å². The number of methoxy groups -OCH3 is 3. The molecular weight excluding hydrogens is 498 g/mol. The molecule has 0 N–H and O–H groups in total. The second-order valence-corrected chi connectivity index (χ2v) is 9.53. The highest BCUT2D eigenvalue weighted by Gasteiger charge is 2.26. The Morgan fingerprint density at radius 2 is 1.65 bits per heavy atom. The third kappa shape index (κ3) is 4.71. The molecule has 0 bridgehead atoms. The van der Waals surface area contributed by atoms with E-state index in [4.69, 9.17) is 30.8 Å². The molecule has 31 heavy (non-hydrogen) atoms. The zero-order valence-corrected chi connectivity index (χ0v) is 20.5. The van der Waals surface area contributed by atoms with Crippen LogP contribution >= 0.6 is 39.3 Å². The summed E-state index contributed by atoms with van der Waals surface area (Å²) in [6, 6.07) is 17.8. The zero-order valence-electron chi connectivity index (χ0n) is 17.3. The van der Waals surface area contributed by atoms with Gasteiger partial charge in [0.1, 0.15) is 5.75 Å². The van der Waals surface area contributed by atoms with Crippen molar-refractivity contribution < 1.29 is 14.2 Å². The number of halogens is 2. The summed E-state index contributed by atoms with van der Waals surface area (Å²) in [5, 5.41) is 0.773. The van der Waals surface area contributed by atoms with Crippen molar-refractivity contribution in [2.45, 2.75) is 16.6 Å². The van der Waals surface area contributed by atoms with Crippen LogP contribution in [0.25, 0.3) is 0 Å². The Morgan fingerprint density at radius 3 is 2.39 bits per heavy atom. The Morgan fingerprint density at radius 1 is 0.903 bits per heavy atom. The normalized spacial score (nSPS) is 15.5. The van der Waals surface area contributed by atoms with E-state index in [1.165, 1.54) is 0 Å². The quantitative estimate of drug-likeness (QED) is 0.351. The molecule has 3 aromatic rings. The van der Waals surface area contributed by atoms with Gasteiger partial charge in [-0.25, -0.2) is 0 Å². The summed E-state index contributed by atoms with van der Waals surface area (Å²) < 4.78 is 17.6. The topological polar surface area (TPSA) is 40.0 Å². The number of thioether (sulfide) groups is 1. The van der Waals surface area contributed by atoms with Crippen molar-refractivity contribution >= 4 is 50.7 Å². The lowest BCUT2D eigenvalue weighted by atomic mass is 10.00. The summed E-state index contributed by atoms with van der Waals surface area (Å²) in [7, 11) is 4.97. The van der Waals surface area contributed by atoms with Crippen LogP contribution in [0.5, 0.6) is 17.2 Å². The van der Waals surface area contributed by atoms with Crippen LogP contribution in [0.1, 0.15) is 22.8 Å². The van der Waals surface area contributed by atoms with Crippen LogP contribution in [0.2, 0.25) is 5.02 Å². The average molecular weight is 519 g/mol. The monoisotopic (exact) mass is 517 g/mol. The largest absolute Gasteiger partial charge is 0.496 e. The number of benzene rings is 3. The highest BCUT2D eigenvalue weighted by atomic mass is 79.9. The minimum Gasteiger partial charge on any atom is -0.496 e. The first-order chi connectivity index (χ1) is 15.0. The number of hydrogen-bond donors (Lipinski definition) is 0. The number of rotatable bonds is 5. The SMILES string of the molecule is COc1ccc(C2=Nc3ccc(Cl)cc3SC(c3cc(Br)ccc3OC)C2)cc1OC. The fraction of sp³-hybridized carbons (Fsp3) is 0.208. The van der Waals surface area contributed by atoms with Crippen LogP contribution in [0, 0.1) is 0 Å². The van der Waals surface area contributed by atoms with Gasteiger partial charge in [-0.2, -0.15) is 0 Å². The van der Waals surface area contributed by atoms with E-state index in [9.17, 15) is 0 Å². The Balaban J connectivity index is 1.85. The predicted octanol–water partition coefficient (Wildman–Crippen LogP) is 7.49. The van der Waals surface area contributed by atoms with Crippen molar-refractivity contribution in [1.82, 2.24) is 0 Å². The molecule has 0 radical (unpaired) electrons. The van der Waals surface area contributed by atoms with E-state index in [0.29, 0.717) is 22.9 Å². The van der Waals surface area contributed by atoms with E-state index >= 15 is 0 Å². The smallest absolute Gasteiger partial charge is 0.161 e. The molecule has 0 saturated carbocycles. The van der Waals surface area contributed by atoms with Gasteiger partial charge < -0.3 is 14.2 Å². The summed E-state index contributed by atoms with van der Waals surface area (Å²) in [6.45, 7) is 0. The van der Waals surface area contributed by atoms with Gasteiger partial charge in [0.05, 0.1) is 27.0 Å². The average Bonchev–Trinajstić information content (AvgIpc) is 2.97. The fourth-order valence-corrected chi connectivity index (χ4v) is 5.47. The van der Waals surface area contributed by atoms with Crippen molar-refractivity contribution in [2.24, 2.45) is 4.99 Å². The summed E-state index contributed by atoms with van der Waals surface area (Å²) >= 11 is 11.7. The summed E-state index contributed by atoms with van der Waals surface area (Å²) in [5.74, 6) is 2.21. The summed E-state index contributed by atoms with van der Waals surface area (Å²) in [6.07, 6.45) is 0.708. The maximum absolute atomic E-state index is 6.31. The highest BCUT2D eigenvalue weighted by Crippen LogP contribution is 2.49. The van der Waals surface area contributed by atoms with Crippen LogP contribution in [0.3, 0.4) is 0 Å². The Kier molecular flexibility index (Phi) is 6.80. The molecule has 4 rings (SSSR count). The van der Waals surface area contributed by atoms with Gasteiger partial charge in [0.2, 0.25) is 0 Å². The zero-order chi connectivity index (χ0) is 22.0. The van der Waals surface area contributed by atoms with Gasteiger partial charge in [-0.3, -0.25) is 4.99 Å². The number of fused-ring (bicyclic) bond motifs is 1. The van der Waals surface area contributed by atoms with Crippen LogP contribution in [-0.4, -0.2) is 27.0 Å². The van der Waals surface area contributed by atoms with Gasteiger partial charge in [0, 0.05) is 37.3 Å². The van der Waals surface area contributed by atoms with Crippen molar-refractivity contribution in [3.05, 3.63) is 75.2 Å². The molecule has 1 heterocycles. The third-order valence-electron chi connectivity index (χ3n) is 5.08. The molecule has 3 aromatic carbocycles. The fourth-order valence-electron chi connectivity index (χ4n) is 3.56. The lowest BCUT2D eigenvalue weighted by Crippen LogP contribution is -2.07. The number of nitrogens with zero attached hydrogens (tertiary/aromatic N) is 1. The molecule has 0 aliphatic carbocycles. The molecule has 0 amide bonds. The number of ether oxygens (including phenoxy) is 3. The lowest BCUT2D eigenvalue weighted by molar-refractivity contribution is 0.355. The first-order valence-electron chi connectivity index (χ1n) is 9.62. The van der Waals surface area contributed by atoms with E-state index < -0.39 is 0 Å². The number of aliphatic imine (C=N–C) groups is 1. The Labute approximate surface area is 199 Å². The van der Waals surface area contributed by atoms with Crippen molar-refractivity contribution in [2.75, 3.05) is 21.3 Å². The minimum absolute atomic E-state index is 0.0824. The standard InChI is InChI=1S/C24H21BrClNO3S/c1-28-20-9-5-15(25)11-17(20)23-13-19(14-4-8-21(29-2)22(10-14)30-3)27-18-7-6-16(26)12-24(18)31-23/h4-12,23H,13H2,1-3H3. The second kappa shape index (κ2) is 9.55. The first kappa shape index (κ1) is 22.1. The molecule has 1 aliphatic rings. The van der Waals surface area contributed by atoms with Gasteiger partial charge in [-0.15, -0.1) is 11.8 Å². The summed E-state index contributed by atoms with van der Waals surface area (Å²) in [4.78, 5) is 6.06. The highest BCUT2D eigenvalue weighted by molar-refractivity contribution is 9.10. The Bertz CT molecular complexity index is 1150. The molecule has 7 heteroatoms. The van der Waals surface area contributed by atoms with Gasteiger partial charge in [-0.05, 0) is 60.2 Å². The summed E-state index contributed by atoms with van der Waals surface area (Å²) in [5.41, 5.74) is 3.94. The third-order valence-corrected chi connectivity index (χ3v) is 7.10. The van der Waals surface area contributed by atoms with Crippen LogP contribution in [-0.2, 0) is 0 Å². The minimum atomic E-state index is 0.0824. The maximum atomic E-state index is 6.31. The molecule has 0 spiro atoms. The van der Waals surface area contributed by atoms with E-state index in [1.54, 1.807) is 33.1 Å². The maximum Gasteiger partial charge on any atom is 0.161 e. The van der Waals surface area contributed by atoms with Crippen molar-refractivity contribution in [1.29, 1.82) is 0 Å². The van der Waals surface area contributed by atoms with Crippen LogP contribution < -0.4 is 14.2 Å². The van der Waals surface area contributed by atoms with E-state index in [0.717, 1.165) is 37.6 Å². The Hall–Kier alpha value is -2.15.